The maximum Gasteiger partial charge on any atom is 0.269 e. The first-order chi connectivity index (χ1) is 14.8. The fourth-order valence-electron chi connectivity index (χ4n) is 3.29. The Morgan fingerprint density at radius 3 is 2.58 bits per heavy atom. The van der Waals surface area contributed by atoms with Gasteiger partial charge in [0.05, 0.1) is 22.9 Å². The first-order valence-electron chi connectivity index (χ1n) is 9.43. The normalized spacial score (nSPS) is 11.6. The van der Waals surface area contributed by atoms with Crippen LogP contribution in [0.2, 0.25) is 0 Å². The van der Waals surface area contributed by atoms with Crippen LogP contribution >= 0.6 is 0 Å². The van der Waals surface area contributed by atoms with Gasteiger partial charge in [0.2, 0.25) is 10.0 Å². The van der Waals surface area contributed by atoms with Crippen LogP contribution in [0.1, 0.15) is 17.0 Å². The lowest BCUT2D eigenvalue weighted by Crippen LogP contribution is -2.25. The highest BCUT2D eigenvalue weighted by Crippen LogP contribution is 2.19. The van der Waals surface area contributed by atoms with Crippen molar-refractivity contribution in [2.75, 3.05) is 0 Å². The molecule has 4 aromatic rings. The predicted octanol–water partition coefficient (Wildman–Crippen LogP) is 3.17. The number of nitrogens with one attached hydrogen (secondary N) is 1. The molecule has 0 saturated heterocycles. The maximum atomic E-state index is 12.7. The van der Waals surface area contributed by atoms with Gasteiger partial charge < -0.3 is 4.57 Å². The van der Waals surface area contributed by atoms with E-state index in [1.165, 1.54) is 12.1 Å². The summed E-state index contributed by atoms with van der Waals surface area (Å²) in [6.07, 6.45) is 1.67. The molecule has 0 bridgehead atoms. The van der Waals surface area contributed by atoms with E-state index in [1.807, 2.05) is 35.8 Å². The van der Waals surface area contributed by atoms with Crippen molar-refractivity contribution in [2.24, 2.45) is 0 Å². The molecule has 2 aromatic heterocycles. The highest BCUT2D eigenvalue weighted by atomic mass is 32.2. The molecule has 9 nitrogen and oxygen atoms in total. The van der Waals surface area contributed by atoms with Crippen LogP contribution < -0.4 is 4.72 Å². The molecule has 0 aliphatic carbocycles. The zero-order chi connectivity index (χ0) is 22.0. The van der Waals surface area contributed by atoms with Crippen LogP contribution in [-0.4, -0.2) is 27.9 Å². The molecule has 0 saturated carbocycles. The van der Waals surface area contributed by atoms with E-state index in [0.717, 1.165) is 23.3 Å². The third-order valence-electron chi connectivity index (χ3n) is 4.78. The number of sulfonamides is 1. The second-order valence-corrected chi connectivity index (χ2v) is 8.79. The van der Waals surface area contributed by atoms with Gasteiger partial charge in [0, 0.05) is 18.3 Å². The van der Waals surface area contributed by atoms with E-state index in [0.29, 0.717) is 23.5 Å². The molecule has 31 heavy (non-hydrogen) atoms. The first-order valence-corrected chi connectivity index (χ1v) is 10.9. The van der Waals surface area contributed by atoms with Crippen molar-refractivity contribution in [3.63, 3.8) is 0 Å². The number of hydrogen-bond donors (Lipinski definition) is 1. The number of nitrogens with zero attached hydrogens (tertiary/aromatic N) is 4. The predicted molar refractivity (Wildman–Crippen MR) is 115 cm³/mol. The number of imidazole rings is 1. The van der Waals surface area contributed by atoms with Gasteiger partial charge in [-0.25, -0.2) is 23.1 Å². The summed E-state index contributed by atoms with van der Waals surface area (Å²) in [5.41, 5.74) is 3.32. The number of fused-ring (bicyclic) bond motifs is 1. The maximum absolute atomic E-state index is 12.7. The molecule has 0 atom stereocenters. The number of aromatic nitrogens is 3. The Morgan fingerprint density at radius 1 is 1.10 bits per heavy atom. The largest absolute Gasteiger partial charge is 0.307 e. The Morgan fingerprint density at radius 2 is 1.87 bits per heavy atom. The molecular formula is C21H19N5O4S. The lowest BCUT2D eigenvalue weighted by molar-refractivity contribution is -0.384. The summed E-state index contributed by atoms with van der Waals surface area (Å²) >= 11 is 0. The molecule has 0 spiro atoms. The number of benzene rings is 2. The summed E-state index contributed by atoms with van der Waals surface area (Å²) in [5.74, 6) is 0.515. The fraction of sp³-hybridized carbons (Fsp3) is 0.143. The SMILES string of the molecule is Cc1cccc(Cn2c(CNS(=O)(=O)c3ccc([N+](=O)[O-])cc3)nc3cccnc32)c1. The Bertz CT molecular complexity index is 1360. The van der Waals surface area contributed by atoms with Crippen molar-refractivity contribution in [1.29, 1.82) is 0 Å². The van der Waals surface area contributed by atoms with Crippen molar-refractivity contribution in [1.82, 2.24) is 19.3 Å². The molecular weight excluding hydrogens is 418 g/mol. The van der Waals surface area contributed by atoms with Crippen LogP contribution in [0.3, 0.4) is 0 Å². The lowest BCUT2D eigenvalue weighted by atomic mass is 10.1. The van der Waals surface area contributed by atoms with Gasteiger partial charge in [-0.05, 0) is 36.8 Å². The van der Waals surface area contributed by atoms with Gasteiger partial charge >= 0.3 is 0 Å². The lowest BCUT2D eigenvalue weighted by Gasteiger charge is -2.11. The zero-order valence-electron chi connectivity index (χ0n) is 16.6. The minimum atomic E-state index is -3.88. The van der Waals surface area contributed by atoms with Gasteiger partial charge in [-0.3, -0.25) is 10.1 Å². The molecule has 0 aliphatic rings. The highest BCUT2D eigenvalue weighted by Gasteiger charge is 2.19. The Kier molecular flexibility index (Phi) is 5.49. The van der Waals surface area contributed by atoms with Crippen molar-refractivity contribution < 1.29 is 13.3 Å². The average molecular weight is 437 g/mol. The Balaban J connectivity index is 1.62. The molecule has 2 heterocycles. The first kappa shape index (κ1) is 20.6. The molecule has 1 N–H and O–H groups in total. The third-order valence-corrected chi connectivity index (χ3v) is 6.20. The molecule has 0 amide bonds. The van der Waals surface area contributed by atoms with Crippen molar-refractivity contribution >= 4 is 26.9 Å². The van der Waals surface area contributed by atoms with Gasteiger partial charge in [0.25, 0.3) is 5.69 Å². The summed E-state index contributed by atoms with van der Waals surface area (Å²) in [6, 6.07) is 16.3. The van der Waals surface area contributed by atoms with E-state index in [2.05, 4.69) is 20.8 Å². The van der Waals surface area contributed by atoms with Crippen LogP contribution in [-0.2, 0) is 23.1 Å². The van der Waals surface area contributed by atoms with E-state index in [4.69, 9.17) is 0 Å². The monoisotopic (exact) mass is 437 g/mol. The summed E-state index contributed by atoms with van der Waals surface area (Å²) in [6.45, 7) is 2.44. The van der Waals surface area contributed by atoms with Crippen LogP contribution in [0.4, 0.5) is 5.69 Å². The molecule has 10 heteroatoms. The number of pyridine rings is 1. The van der Waals surface area contributed by atoms with E-state index < -0.39 is 14.9 Å². The summed E-state index contributed by atoms with van der Waals surface area (Å²) in [7, 11) is -3.88. The average Bonchev–Trinajstić information content (AvgIpc) is 3.10. The van der Waals surface area contributed by atoms with Crippen LogP contribution in [0.5, 0.6) is 0 Å². The summed E-state index contributed by atoms with van der Waals surface area (Å²) in [4.78, 5) is 19.1. The third kappa shape index (κ3) is 4.44. The number of nitro benzene ring substituents is 1. The van der Waals surface area contributed by atoms with Crippen molar-refractivity contribution in [3.05, 3.63) is 93.9 Å². The number of hydrogen-bond acceptors (Lipinski definition) is 6. The smallest absolute Gasteiger partial charge is 0.269 e. The molecule has 0 aliphatic heterocycles. The van der Waals surface area contributed by atoms with E-state index >= 15 is 0 Å². The Labute approximate surface area is 178 Å². The Hall–Kier alpha value is -3.63. The van der Waals surface area contributed by atoms with E-state index in [1.54, 1.807) is 12.3 Å². The number of rotatable bonds is 7. The van der Waals surface area contributed by atoms with E-state index in [9.17, 15) is 18.5 Å². The second-order valence-electron chi connectivity index (χ2n) is 7.02. The van der Waals surface area contributed by atoms with E-state index in [-0.39, 0.29) is 17.1 Å². The highest BCUT2D eigenvalue weighted by molar-refractivity contribution is 7.89. The van der Waals surface area contributed by atoms with Crippen molar-refractivity contribution in [3.8, 4) is 0 Å². The zero-order valence-corrected chi connectivity index (χ0v) is 17.4. The second kappa shape index (κ2) is 8.25. The summed E-state index contributed by atoms with van der Waals surface area (Å²) in [5, 5.41) is 10.8. The minimum absolute atomic E-state index is 0.0541. The molecule has 2 aromatic carbocycles. The van der Waals surface area contributed by atoms with Crippen LogP contribution in [0.25, 0.3) is 11.2 Å². The van der Waals surface area contributed by atoms with Gasteiger partial charge in [-0.2, -0.15) is 0 Å². The summed E-state index contributed by atoms with van der Waals surface area (Å²) < 4.78 is 29.8. The quantitative estimate of drug-likeness (QED) is 0.350. The fourth-order valence-corrected chi connectivity index (χ4v) is 4.27. The number of aryl methyl sites for hydroxylation is 1. The van der Waals surface area contributed by atoms with Gasteiger partial charge in [0.15, 0.2) is 5.65 Å². The molecule has 0 unspecified atom stereocenters. The molecule has 158 valence electrons. The topological polar surface area (TPSA) is 120 Å². The minimum Gasteiger partial charge on any atom is -0.307 e. The number of nitro groups is 1. The molecule has 0 radical (unpaired) electrons. The molecule has 4 rings (SSSR count). The number of non-ortho nitro benzene ring substituents is 1. The van der Waals surface area contributed by atoms with Crippen LogP contribution in [0, 0.1) is 17.0 Å². The molecule has 0 fully saturated rings. The standard InChI is InChI=1S/C21H19N5O4S/c1-15-4-2-5-16(12-15)14-25-20(24-19-6-3-11-22-21(19)25)13-23-31(29,30)18-9-7-17(8-10-18)26(27)28/h2-12,23H,13-14H2,1H3. The van der Waals surface area contributed by atoms with Gasteiger partial charge in [0.1, 0.15) is 11.3 Å². The van der Waals surface area contributed by atoms with Crippen LogP contribution in [0.15, 0.2) is 71.8 Å². The van der Waals surface area contributed by atoms with Crippen molar-refractivity contribution in [2.45, 2.75) is 24.9 Å². The van der Waals surface area contributed by atoms with Gasteiger partial charge in [-0.15, -0.1) is 0 Å². The van der Waals surface area contributed by atoms with Gasteiger partial charge in [-0.1, -0.05) is 29.8 Å².